The summed E-state index contributed by atoms with van der Waals surface area (Å²) in [6.45, 7) is 2.13. The van der Waals surface area contributed by atoms with Gasteiger partial charge in [-0.2, -0.15) is 0 Å². The maximum absolute atomic E-state index is 6.85. The quantitative estimate of drug-likeness (QED) is 0.487. The minimum absolute atomic E-state index is 0.0275. The molecule has 0 amide bonds. The molecule has 0 N–H and O–H groups in total. The van der Waals surface area contributed by atoms with Crippen molar-refractivity contribution < 1.29 is 0 Å². The second-order valence-electron chi connectivity index (χ2n) is 5.30. The molecule has 0 saturated heterocycles. The lowest BCUT2D eigenvalue weighted by Gasteiger charge is -2.29. The van der Waals surface area contributed by atoms with Crippen LogP contribution in [0.2, 0.25) is 0 Å². The van der Waals surface area contributed by atoms with Gasteiger partial charge in [-0.3, -0.25) is 0 Å². The van der Waals surface area contributed by atoms with Gasteiger partial charge in [-0.1, -0.05) is 66.2 Å². The average molecular weight is 326 g/mol. The number of benzene rings is 3. The van der Waals surface area contributed by atoms with Crippen LogP contribution >= 0.6 is 18.9 Å². The van der Waals surface area contributed by atoms with Crippen LogP contribution in [0, 0.1) is 0 Å². The zero-order valence-electron chi connectivity index (χ0n) is 12.6. The summed E-state index contributed by atoms with van der Waals surface area (Å²) < 4.78 is 0. The molecule has 0 radical (unpaired) electrons. The normalized spacial score (nSPS) is 12.8. The zero-order chi connectivity index (χ0) is 15.4. The van der Waals surface area contributed by atoms with Gasteiger partial charge in [0.05, 0.1) is 0 Å². The SMILES string of the molecule is CC(Cl)[P+](c1ccccc1)(c1ccccc1)c1ccccc1. The smallest absolute Gasteiger partial charge is 0.0776 e. The number of rotatable bonds is 4. The summed E-state index contributed by atoms with van der Waals surface area (Å²) in [4.78, 5) is 0. The third-order valence-electron chi connectivity index (χ3n) is 4.02. The molecule has 0 aromatic heterocycles. The Bertz CT molecular complexity index is 612. The Kier molecular flexibility index (Phi) is 4.62. The molecule has 2 heteroatoms. The highest BCUT2D eigenvalue weighted by atomic mass is 35.5. The van der Waals surface area contributed by atoms with Gasteiger partial charge in [-0.05, 0) is 43.3 Å². The molecule has 0 spiro atoms. The molecule has 0 nitrogen and oxygen atoms in total. The Hall–Kier alpha value is -1.62. The summed E-state index contributed by atoms with van der Waals surface area (Å²) in [6, 6.07) is 32.1. The molecule has 22 heavy (non-hydrogen) atoms. The highest BCUT2D eigenvalue weighted by Gasteiger charge is 2.49. The molecule has 0 aliphatic heterocycles. The summed E-state index contributed by atoms with van der Waals surface area (Å²) in [7, 11) is -1.86. The second kappa shape index (κ2) is 6.65. The Balaban J connectivity index is 2.34. The minimum atomic E-state index is -1.86. The van der Waals surface area contributed by atoms with Crippen molar-refractivity contribution in [1.29, 1.82) is 0 Å². The van der Waals surface area contributed by atoms with Crippen molar-refractivity contribution in [2.45, 2.75) is 12.0 Å². The number of alkyl halides is 1. The Morgan fingerprint density at radius 2 is 0.864 bits per heavy atom. The fraction of sp³-hybridized carbons (Fsp3) is 0.100. The molecule has 0 heterocycles. The van der Waals surface area contributed by atoms with E-state index in [1.54, 1.807) is 0 Å². The van der Waals surface area contributed by atoms with E-state index in [9.17, 15) is 0 Å². The van der Waals surface area contributed by atoms with Crippen LogP contribution in [0.3, 0.4) is 0 Å². The third kappa shape index (κ3) is 2.58. The topological polar surface area (TPSA) is 0 Å². The summed E-state index contributed by atoms with van der Waals surface area (Å²) in [5.41, 5.74) is 0. The summed E-state index contributed by atoms with van der Waals surface area (Å²) in [6.07, 6.45) is 0. The lowest BCUT2D eigenvalue weighted by Crippen LogP contribution is -2.35. The van der Waals surface area contributed by atoms with Gasteiger partial charge in [-0.15, -0.1) is 0 Å². The van der Waals surface area contributed by atoms with E-state index in [-0.39, 0.29) is 5.12 Å². The molecule has 1 atom stereocenters. The first-order valence-electron chi connectivity index (χ1n) is 7.46. The van der Waals surface area contributed by atoms with Crippen molar-refractivity contribution >= 4 is 34.8 Å². The van der Waals surface area contributed by atoms with Crippen molar-refractivity contribution in [2.75, 3.05) is 0 Å². The summed E-state index contributed by atoms with van der Waals surface area (Å²) >= 11 is 6.85. The van der Waals surface area contributed by atoms with Crippen LogP contribution in [0.5, 0.6) is 0 Å². The molecular formula is C20H19ClP+. The Morgan fingerprint density at radius 1 is 0.591 bits per heavy atom. The molecule has 3 aromatic carbocycles. The van der Waals surface area contributed by atoms with Crippen LogP contribution in [0.25, 0.3) is 0 Å². The van der Waals surface area contributed by atoms with Gasteiger partial charge in [0.15, 0.2) is 5.12 Å². The molecular weight excluding hydrogens is 307 g/mol. The van der Waals surface area contributed by atoms with E-state index in [1.165, 1.54) is 15.9 Å². The summed E-state index contributed by atoms with van der Waals surface area (Å²) in [5.74, 6) is 0. The van der Waals surface area contributed by atoms with Gasteiger partial charge in [0, 0.05) is 0 Å². The fourth-order valence-corrected chi connectivity index (χ4v) is 8.12. The number of halogens is 1. The molecule has 0 saturated carbocycles. The highest BCUT2D eigenvalue weighted by Crippen LogP contribution is 2.60. The first kappa shape index (κ1) is 15.3. The minimum Gasteiger partial charge on any atom is -0.0776 e. The maximum atomic E-state index is 6.85. The lowest BCUT2D eigenvalue weighted by atomic mass is 10.4. The van der Waals surface area contributed by atoms with Gasteiger partial charge in [-0.25, -0.2) is 0 Å². The van der Waals surface area contributed by atoms with Gasteiger partial charge >= 0.3 is 0 Å². The molecule has 0 aliphatic rings. The standard InChI is InChI=1S/C20H19ClP/c1-17(21)22(18-11-5-2-6-12-18,19-13-7-3-8-14-19)20-15-9-4-10-16-20/h2-17H,1H3/q+1. The van der Waals surface area contributed by atoms with Crippen LogP contribution in [-0.4, -0.2) is 5.12 Å². The predicted molar refractivity (Wildman–Crippen MR) is 100 cm³/mol. The third-order valence-corrected chi connectivity index (χ3v) is 9.31. The zero-order valence-corrected chi connectivity index (χ0v) is 14.2. The first-order valence-corrected chi connectivity index (χ1v) is 9.75. The maximum Gasteiger partial charge on any atom is 0.153 e. The number of hydrogen-bond donors (Lipinski definition) is 0. The van der Waals surface area contributed by atoms with E-state index in [4.69, 9.17) is 11.6 Å². The predicted octanol–water partition coefficient (Wildman–Crippen LogP) is 4.57. The van der Waals surface area contributed by atoms with Crippen molar-refractivity contribution in [2.24, 2.45) is 0 Å². The highest BCUT2D eigenvalue weighted by molar-refractivity contribution is 7.97. The van der Waals surface area contributed by atoms with E-state index >= 15 is 0 Å². The number of hydrogen-bond acceptors (Lipinski definition) is 0. The Morgan fingerprint density at radius 3 is 1.09 bits per heavy atom. The fourth-order valence-electron chi connectivity index (χ4n) is 3.05. The van der Waals surface area contributed by atoms with Crippen molar-refractivity contribution in [3.63, 3.8) is 0 Å². The first-order chi connectivity index (χ1) is 10.8. The molecule has 3 aromatic rings. The van der Waals surface area contributed by atoms with Gasteiger partial charge < -0.3 is 0 Å². The van der Waals surface area contributed by atoms with E-state index in [0.29, 0.717) is 0 Å². The van der Waals surface area contributed by atoms with E-state index in [2.05, 4.69) is 97.9 Å². The van der Waals surface area contributed by atoms with Gasteiger partial charge in [0.1, 0.15) is 23.2 Å². The molecule has 3 rings (SSSR count). The lowest BCUT2D eigenvalue weighted by molar-refractivity contribution is 1.37. The van der Waals surface area contributed by atoms with E-state index in [1.807, 2.05) is 0 Å². The molecule has 0 fully saturated rings. The molecule has 110 valence electrons. The largest absolute Gasteiger partial charge is 0.153 e. The average Bonchev–Trinajstić information content (AvgIpc) is 2.58. The van der Waals surface area contributed by atoms with Crippen molar-refractivity contribution in [3.05, 3.63) is 91.0 Å². The van der Waals surface area contributed by atoms with Crippen LogP contribution in [0.15, 0.2) is 91.0 Å². The van der Waals surface area contributed by atoms with Gasteiger partial charge in [0.2, 0.25) is 0 Å². The van der Waals surface area contributed by atoms with Crippen LogP contribution in [-0.2, 0) is 0 Å². The van der Waals surface area contributed by atoms with Crippen LogP contribution in [0.4, 0.5) is 0 Å². The molecule has 0 bridgehead atoms. The monoisotopic (exact) mass is 325 g/mol. The van der Waals surface area contributed by atoms with Crippen molar-refractivity contribution in [3.8, 4) is 0 Å². The second-order valence-corrected chi connectivity index (χ2v) is 10.0. The summed E-state index contributed by atoms with van der Waals surface area (Å²) in [5, 5.41) is 4.01. The Labute approximate surface area is 138 Å². The van der Waals surface area contributed by atoms with Gasteiger partial charge in [0.25, 0.3) is 0 Å². The van der Waals surface area contributed by atoms with Crippen molar-refractivity contribution in [1.82, 2.24) is 0 Å². The van der Waals surface area contributed by atoms with Crippen LogP contribution in [0.1, 0.15) is 6.92 Å². The molecule has 1 unspecified atom stereocenters. The van der Waals surface area contributed by atoms with E-state index < -0.39 is 7.26 Å². The van der Waals surface area contributed by atoms with E-state index in [0.717, 1.165) is 0 Å². The molecule has 0 aliphatic carbocycles. The van der Waals surface area contributed by atoms with Crippen LogP contribution < -0.4 is 15.9 Å².